The summed E-state index contributed by atoms with van der Waals surface area (Å²) in [6.45, 7) is -0.0449. The molecule has 5 nitrogen and oxygen atoms in total. The molecule has 0 heterocycles. The van der Waals surface area contributed by atoms with Gasteiger partial charge in [-0.2, -0.15) is 0 Å². The van der Waals surface area contributed by atoms with Crippen molar-refractivity contribution in [2.75, 3.05) is 0 Å². The van der Waals surface area contributed by atoms with Crippen molar-refractivity contribution in [3.8, 4) is 5.75 Å². The Morgan fingerprint density at radius 2 is 1.40 bits per heavy atom. The van der Waals surface area contributed by atoms with Crippen molar-refractivity contribution in [1.82, 2.24) is 0 Å². The van der Waals surface area contributed by atoms with Gasteiger partial charge >= 0.3 is 5.97 Å². The Morgan fingerprint density at radius 3 is 2.13 bits per heavy atom. The SMILES string of the molecule is O=C(OCc1ccc(S(=O)(=O)c2ccccc2)cc1)c1ccc2ccccc2c1O. The second-order valence-electron chi connectivity index (χ2n) is 6.72. The third-order valence-electron chi connectivity index (χ3n) is 4.78. The van der Waals surface area contributed by atoms with E-state index in [9.17, 15) is 18.3 Å². The Bertz CT molecular complexity index is 1310. The molecule has 30 heavy (non-hydrogen) atoms. The number of aromatic hydroxyl groups is 1. The minimum Gasteiger partial charge on any atom is -0.506 e. The molecular weight excluding hydrogens is 400 g/mol. The molecule has 150 valence electrons. The normalized spacial score (nSPS) is 11.3. The highest BCUT2D eigenvalue weighted by molar-refractivity contribution is 7.91. The van der Waals surface area contributed by atoms with Crippen molar-refractivity contribution in [2.24, 2.45) is 0 Å². The highest BCUT2D eigenvalue weighted by Gasteiger charge is 2.18. The van der Waals surface area contributed by atoms with Crippen LogP contribution in [0.2, 0.25) is 0 Å². The molecule has 0 unspecified atom stereocenters. The minimum absolute atomic E-state index is 0.0449. The van der Waals surface area contributed by atoms with Gasteiger partial charge in [-0.1, -0.05) is 60.7 Å². The number of rotatable bonds is 5. The molecule has 0 aliphatic rings. The van der Waals surface area contributed by atoms with E-state index in [1.807, 2.05) is 12.1 Å². The molecule has 0 amide bonds. The van der Waals surface area contributed by atoms with Crippen LogP contribution in [-0.4, -0.2) is 19.5 Å². The summed E-state index contributed by atoms with van der Waals surface area (Å²) in [5.74, 6) is -0.776. The lowest BCUT2D eigenvalue weighted by molar-refractivity contribution is 0.0469. The zero-order chi connectivity index (χ0) is 21.1. The second-order valence-corrected chi connectivity index (χ2v) is 8.67. The quantitative estimate of drug-likeness (QED) is 0.474. The van der Waals surface area contributed by atoms with Crippen molar-refractivity contribution in [2.45, 2.75) is 16.4 Å². The molecule has 0 bridgehead atoms. The highest BCUT2D eigenvalue weighted by Crippen LogP contribution is 2.29. The maximum Gasteiger partial charge on any atom is 0.342 e. The molecule has 0 aromatic heterocycles. The summed E-state index contributed by atoms with van der Waals surface area (Å²) in [5.41, 5.74) is 0.715. The van der Waals surface area contributed by atoms with Crippen LogP contribution in [0.1, 0.15) is 15.9 Å². The Hall–Kier alpha value is -3.64. The topological polar surface area (TPSA) is 80.7 Å². The lowest BCUT2D eigenvalue weighted by Crippen LogP contribution is -2.06. The molecule has 0 saturated heterocycles. The van der Waals surface area contributed by atoms with Crippen LogP contribution in [-0.2, 0) is 21.2 Å². The number of carbonyl (C=O) groups excluding carboxylic acids is 1. The molecule has 6 heteroatoms. The molecule has 0 radical (unpaired) electrons. The molecule has 0 aliphatic heterocycles. The average molecular weight is 418 g/mol. The van der Waals surface area contributed by atoms with Gasteiger partial charge in [0.15, 0.2) is 0 Å². The van der Waals surface area contributed by atoms with Gasteiger partial charge in [0.25, 0.3) is 0 Å². The van der Waals surface area contributed by atoms with Gasteiger partial charge in [0.05, 0.1) is 9.79 Å². The Balaban J connectivity index is 1.48. The van der Waals surface area contributed by atoms with Gasteiger partial charge in [0.1, 0.15) is 17.9 Å². The maximum absolute atomic E-state index is 12.6. The van der Waals surface area contributed by atoms with Crippen molar-refractivity contribution in [1.29, 1.82) is 0 Å². The standard InChI is InChI=1S/C24H18O5S/c25-23-21-9-5-4-6-18(21)12-15-22(23)24(26)29-16-17-10-13-20(14-11-17)30(27,28)19-7-2-1-3-8-19/h1-15,25H,16H2. The third-order valence-corrected chi connectivity index (χ3v) is 6.56. The van der Waals surface area contributed by atoms with Gasteiger partial charge in [-0.3, -0.25) is 0 Å². The Kier molecular flexibility index (Phi) is 5.25. The molecule has 0 fully saturated rings. The number of sulfone groups is 1. The fraction of sp³-hybridized carbons (Fsp3) is 0.0417. The third kappa shape index (κ3) is 3.77. The fourth-order valence-corrected chi connectivity index (χ4v) is 4.43. The summed E-state index contributed by atoms with van der Waals surface area (Å²) < 4.78 is 30.6. The number of hydrogen-bond acceptors (Lipinski definition) is 5. The molecule has 0 saturated carbocycles. The minimum atomic E-state index is -3.60. The molecule has 0 spiro atoms. The van der Waals surface area contributed by atoms with E-state index >= 15 is 0 Å². The monoisotopic (exact) mass is 418 g/mol. The average Bonchev–Trinajstić information content (AvgIpc) is 2.79. The van der Waals surface area contributed by atoms with E-state index in [1.54, 1.807) is 60.7 Å². The van der Waals surface area contributed by atoms with Crippen LogP contribution in [0.25, 0.3) is 10.8 Å². The van der Waals surface area contributed by atoms with Gasteiger partial charge in [0, 0.05) is 5.39 Å². The number of phenolic OH excluding ortho intramolecular Hbond substituents is 1. The first-order valence-electron chi connectivity index (χ1n) is 9.24. The van der Waals surface area contributed by atoms with E-state index in [4.69, 9.17) is 4.74 Å². The zero-order valence-corrected chi connectivity index (χ0v) is 16.7. The Labute approximate surface area is 174 Å². The van der Waals surface area contributed by atoms with Crippen molar-refractivity contribution >= 4 is 26.6 Å². The summed E-state index contributed by atoms with van der Waals surface area (Å²) >= 11 is 0. The molecule has 4 aromatic carbocycles. The lowest BCUT2D eigenvalue weighted by atomic mass is 10.1. The number of fused-ring (bicyclic) bond motifs is 1. The largest absolute Gasteiger partial charge is 0.506 e. The van der Waals surface area contributed by atoms with E-state index in [1.165, 1.54) is 18.2 Å². The maximum atomic E-state index is 12.6. The van der Waals surface area contributed by atoms with E-state index in [0.29, 0.717) is 10.9 Å². The van der Waals surface area contributed by atoms with Crippen LogP contribution in [0.4, 0.5) is 0 Å². The van der Waals surface area contributed by atoms with Gasteiger partial charge < -0.3 is 9.84 Å². The summed E-state index contributed by atoms with van der Waals surface area (Å²) in [6.07, 6.45) is 0. The van der Waals surface area contributed by atoms with Crippen molar-refractivity contribution < 1.29 is 23.1 Å². The number of phenols is 1. The van der Waals surface area contributed by atoms with Gasteiger partial charge in [-0.15, -0.1) is 0 Å². The molecule has 0 atom stereocenters. The van der Waals surface area contributed by atoms with Crippen LogP contribution >= 0.6 is 0 Å². The van der Waals surface area contributed by atoms with E-state index < -0.39 is 15.8 Å². The van der Waals surface area contributed by atoms with Crippen LogP contribution in [0, 0.1) is 0 Å². The van der Waals surface area contributed by atoms with Gasteiger partial charge in [-0.25, -0.2) is 13.2 Å². The number of carbonyl (C=O) groups is 1. The summed E-state index contributed by atoms with van der Waals surface area (Å²) in [7, 11) is -3.60. The summed E-state index contributed by atoms with van der Waals surface area (Å²) in [5, 5.41) is 11.8. The summed E-state index contributed by atoms with van der Waals surface area (Å²) in [4.78, 5) is 12.8. The van der Waals surface area contributed by atoms with Crippen LogP contribution in [0.3, 0.4) is 0 Å². The van der Waals surface area contributed by atoms with Crippen LogP contribution < -0.4 is 0 Å². The van der Waals surface area contributed by atoms with Crippen molar-refractivity contribution in [3.05, 3.63) is 102 Å². The van der Waals surface area contributed by atoms with Gasteiger partial charge in [0.2, 0.25) is 9.84 Å². The molecule has 4 aromatic rings. The molecule has 4 rings (SSSR count). The predicted molar refractivity (Wildman–Crippen MR) is 113 cm³/mol. The predicted octanol–water partition coefficient (Wildman–Crippen LogP) is 4.74. The lowest BCUT2D eigenvalue weighted by Gasteiger charge is -2.09. The van der Waals surface area contributed by atoms with E-state index in [-0.39, 0.29) is 27.7 Å². The number of benzene rings is 4. The highest BCUT2D eigenvalue weighted by atomic mass is 32.2. The van der Waals surface area contributed by atoms with E-state index in [0.717, 1.165) is 5.39 Å². The number of esters is 1. The second kappa shape index (κ2) is 8.00. The van der Waals surface area contributed by atoms with Crippen molar-refractivity contribution in [3.63, 3.8) is 0 Å². The zero-order valence-electron chi connectivity index (χ0n) is 15.9. The first kappa shape index (κ1) is 19.7. The fourth-order valence-electron chi connectivity index (χ4n) is 3.15. The number of hydrogen-bond donors (Lipinski definition) is 1. The first-order valence-corrected chi connectivity index (χ1v) is 10.7. The van der Waals surface area contributed by atoms with Crippen LogP contribution in [0.5, 0.6) is 5.75 Å². The first-order chi connectivity index (χ1) is 14.5. The molecule has 1 N–H and O–H groups in total. The van der Waals surface area contributed by atoms with Gasteiger partial charge in [-0.05, 0) is 41.3 Å². The Morgan fingerprint density at radius 1 is 0.767 bits per heavy atom. The van der Waals surface area contributed by atoms with Crippen LogP contribution in [0.15, 0.2) is 101 Å². The van der Waals surface area contributed by atoms with E-state index in [2.05, 4.69) is 0 Å². The molecule has 0 aliphatic carbocycles. The smallest absolute Gasteiger partial charge is 0.342 e. The molecular formula is C24H18O5S. The number of ether oxygens (including phenoxy) is 1. The summed E-state index contributed by atoms with van der Waals surface area (Å²) in [6, 6.07) is 24.8.